The van der Waals surface area contributed by atoms with Crippen molar-refractivity contribution in [2.24, 2.45) is 0 Å². The highest BCUT2D eigenvalue weighted by molar-refractivity contribution is 5.98. The van der Waals surface area contributed by atoms with Crippen molar-refractivity contribution in [3.05, 3.63) is 53.3 Å². The van der Waals surface area contributed by atoms with Crippen LogP contribution < -0.4 is 10.6 Å². The van der Waals surface area contributed by atoms with E-state index >= 15 is 0 Å². The zero-order chi connectivity index (χ0) is 16.4. The van der Waals surface area contributed by atoms with E-state index in [2.05, 4.69) is 15.7 Å². The molecule has 1 saturated carbocycles. The monoisotopic (exact) mass is 312 g/mol. The summed E-state index contributed by atoms with van der Waals surface area (Å²) in [5.74, 6) is -0.484. The van der Waals surface area contributed by atoms with E-state index in [9.17, 15) is 9.59 Å². The molecule has 2 N–H and O–H groups in total. The van der Waals surface area contributed by atoms with Crippen molar-refractivity contribution in [3.63, 3.8) is 0 Å². The summed E-state index contributed by atoms with van der Waals surface area (Å²) in [6.07, 6.45) is 2.02. The average molecular weight is 312 g/mol. The number of hydrogen-bond donors (Lipinski definition) is 2. The molecule has 0 unspecified atom stereocenters. The molecule has 1 aliphatic rings. The van der Waals surface area contributed by atoms with Crippen molar-refractivity contribution in [2.75, 3.05) is 7.05 Å². The van der Waals surface area contributed by atoms with Crippen LogP contribution in [0.4, 0.5) is 0 Å². The van der Waals surface area contributed by atoms with Gasteiger partial charge in [-0.1, -0.05) is 30.3 Å². The Morgan fingerprint density at radius 3 is 2.52 bits per heavy atom. The fourth-order valence-electron chi connectivity index (χ4n) is 2.46. The minimum absolute atomic E-state index is 0.147. The summed E-state index contributed by atoms with van der Waals surface area (Å²) in [5.41, 5.74) is 1.68. The van der Waals surface area contributed by atoms with Gasteiger partial charge in [-0.25, -0.2) is 0 Å². The number of benzene rings is 1. The number of nitrogens with zero attached hydrogens (tertiary/aromatic N) is 2. The van der Waals surface area contributed by atoms with Crippen LogP contribution in [0.15, 0.2) is 36.4 Å². The quantitative estimate of drug-likeness (QED) is 0.883. The second-order valence-corrected chi connectivity index (χ2v) is 5.77. The van der Waals surface area contributed by atoms with Gasteiger partial charge in [-0.05, 0) is 25.3 Å². The Hall–Kier alpha value is -2.63. The molecule has 1 aliphatic carbocycles. The Labute approximate surface area is 134 Å². The van der Waals surface area contributed by atoms with E-state index in [1.165, 1.54) is 0 Å². The van der Waals surface area contributed by atoms with Crippen LogP contribution in [-0.2, 0) is 0 Å². The van der Waals surface area contributed by atoms with Gasteiger partial charge in [0.25, 0.3) is 11.8 Å². The first kappa shape index (κ1) is 15.3. The van der Waals surface area contributed by atoms with Gasteiger partial charge < -0.3 is 10.6 Å². The molecule has 2 amide bonds. The first-order valence-corrected chi connectivity index (χ1v) is 7.77. The minimum atomic E-state index is -0.259. The first-order chi connectivity index (χ1) is 11.1. The van der Waals surface area contributed by atoms with Gasteiger partial charge in [0.05, 0.1) is 6.04 Å². The lowest BCUT2D eigenvalue weighted by atomic mass is 10.1. The third kappa shape index (κ3) is 3.26. The first-order valence-electron chi connectivity index (χ1n) is 7.77. The van der Waals surface area contributed by atoms with Crippen molar-refractivity contribution >= 4 is 11.8 Å². The predicted octanol–water partition coefficient (Wildman–Crippen LogP) is 1.74. The molecule has 0 saturated heterocycles. The predicted molar refractivity (Wildman–Crippen MR) is 86.4 cm³/mol. The summed E-state index contributed by atoms with van der Waals surface area (Å²) < 4.78 is 1.61. The van der Waals surface area contributed by atoms with Crippen molar-refractivity contribution in [1.29, 1.82) is 0 Å². The summed E-state index contributed by atoms with van der Waals surface area (Å²) in [6.45, 7) is 1.96. The normalized spacial score (nSPS) is 15.0. The van der Waals surface area contributed by atoms with Crippen LogP contribution in [0.1, 0.15) is 52.3 Å². The molecule has 0 aliphatic heterocycles. The average Bonchev–Trinajstić information content (AvgIpc) is 3.28. The van der Waals surface area contributed by atoms with Crippen molar-refractivity contribution in [3.8, 4) is 0 Å². The van der Waals surface area contributed by atoms with Gasteiger partial charge in [0.1, 0.15) is 5.69 Å². The highest BCUT2D eigenvalue weighted by Gasteiger charge is 2.27. The molecule has 6 heteroatoms. The highest BCUT2D eigenvalue weighted by Crippen LogP contribution is 2.22. The molecule has 23 heavy (non-hydrogen) atoms. The highest BCUT2D eigenvalue weighted by atomic mass is 16.2. The molecule has 0 bridgehead atoms. The molecule has 1 fully saturated rings. The standard InChI is InChI=1S/C17H20N4O2/c1-11(12-6-4-3-5-7-12)21-15(17(23)18-2)10-14(20-21)16(22)19-13-8-9-13/h3-7,10-11,13H,8-9H2,1-2H3,(H,18,23)(H,19,22)/t11-/m1/s1. The Kier molecular flexibility index (Phi) is 4.14. The van der Waals surface area contributed by atoms with Gasteiger partial charge in [0.15, 0.2) is 5.69 Å². The molecule has 0 radical (unpaired) electrons. The van der Waals surface area contributed by atoms with Crippen LogP contribution in [0.25, 0.3) is 0 Å². The number of rotatable bonds is 5. The zero-order valence-corrected chi connectivity index (χ0v) is 13.2. The SMILES string of the molecule is CNC(=O)c1cc(C(=O)NC2CC2)nn1[C@H](C)c1ccccc1. The summed E-state index contributed by atoms with van der Waals surface area (Å²) in [7, 11) is 1.57. The van der Waals surface area contributed by atoms with Gasteiger partial charge in [-0.3, -0.25) is 14.3 Å². The fourth-order valence-corrected chi connectivity index (χ4v) is 2.46. The van der Waals surface area contributed by atoms with Gasteiger partial charge in [0, 0.05) is 19.2 Å². The number of carbonyl (C=O) groups excluding carboxylic acids is 2. The van der Waals surface area contributed by atoms with Crippen LogP contribution in [0.2, 0.25) is 0 Å². The fraction of sp³-hybridized carbons (Fsp3) is 0.353. The van der Waals surface area contributed by atoms with Gasteiger partial charge in [-0.15, -0.1) is 0 Å². The summed E-state index contributed by atoms with van der Waals surface area (Å²) in [4.78, 5) is 24.3. The van der Waals surface area contributed by atoms with E-state index in [1.54, 1.807) is 17.8 Å². The second-order valence-electron chi connectivity index (χ2n) is 5.77. The smallest absolute Gasteiger partial charge is 0.272 e. The lowest BCUT2D eigenvalue weighted by Gasteiger charge is -2.15. The molecule has 3 rings (SSSR count). The minimum Gasteiger partial charge on any atom is -0.354 e. The topological polar surface area (TPSA) is 76.0 Å². The van der Waals surface area contributed by atoms with E-state index in [4.69, 9.17) is 0 Å². The molecule has 2 aromatic rings. The largest absolute Gasteiger partial charge is 0.354 e. The maximum Gasteiger partial charge on any atom is 0.272 e. The lowest BCUT2D eigenvalue weighted by Crippen LogP contribution is -2.26. The van der Waals surface area contributed by atoms with Crippen molar-refractivity contribution in [1.82, 2.24) is 20.4 Å². The van der Waals surface area contributed by atoms with Crippen molar-refractivity contribution in [2.45, 2.75) is 31.8 Å². The molecular formula is C17H20N4O2. The van der Waals surface area contributed by atoms with Crippen LogP contribution in [0.3, 0.4) is 0 Å². The number of amides is 2. The van der Waals surface area contributed by atoms with E-state index in [1.807, 2.05) is 37.3 Å². The summed E-state index contributed by atoms with van der Waals surface area (Å²) >= 11 is 0. The molecule has 120 valence electrons. The maximum absolute atomic E-state index is 12.2. The third-order valence-electron chi connectivity index (χ3n) is 3.99. The molecule has 1 atom stereocenters. The van der Waals surface area contributed by atoms with Crippen LogP contribution in [-0.4, -0.2) is 34.7 Å². The van der Waals surface area contributed by atoms with E-state index < -0.39 is 0 Å². The Bertz CT molecular complexity index is 719. The molecule has 1 aromatic heterocycles. The number of aromatic nitrogens is 2. The number of carbonyl (C=O) groups is 2. The van der Waals surface area contributed by atoms with Gasteiger partial charge in [-0.2, -0.15) is 5.10 Å². The summed E-state index contributed by atoms with van der Waals surface area (Å²) in [5, 5.41) is 9.88. The van der Waals surface area contributed by atoms with E-state index in [0.29, 0.717) is 5.69 Å². The molecule has 1 heterocycles. The Morgan fingerprint density at radius 1 is 1.22 bits per heavy atom. The summed E-state index contributed by atoms with van der Waals surface area (Å²) in [6, 6.07) is 11.4. The van der Waals surface area contributed by atoms with Gasteiger partial charge >= 0.3 is 0 Å². The number of hydrogen-bond acceptors (Lipinski definition) is 3. The molecule has 6 nitrogen and oxygen atoms in total. The number of nitrogens with one attached hydrogen (secondary N) is 2. The second kappa shape index (κ2) is 6.24. The van der Waals surface area contributed by atoms with Gasteiger partial charge in [0.2, 0.25) is 0 Å². The van der Waals surface area contributed by atoms with Crippen LogP contribution in [0, 0.1) is 0 Å². The zero-order valence-electron chi connectivity index (χ0n) is 13.2. The molecule has 1 aromatic carbocycles. The molecular weight excluding hydrogens is 292 g/mol. The van der Waals surface area contributed by atoms with Crippen molar-refractivity contribution < 1.29 is 9.59 Å². The maximum atomic E-state index is 12.2. The van der Waals surface area contributed by atoms with E-state index in [-0.39, 0.29) is 29.6 Å². The Balaban J connectivity index is 1.94. The van der Waals surface area contributed by atoms with E-state index in [0.717, 1.165) is 18.4 Å². The lowest BCUT2D eigenvalue weighted by molar-refractivity contribution is 0.0939. The molecule has 0 spiro atoms. The Morgan fingerprint density at radius 2 is 1.91 bits per heavy atom. The van der Waals surface area contributed by atoms with Crippen LogP contribution in [0.5, 0.6) is 0 Å². The third-order valence-corrected chi connectivity index (χ3v) is 3.99. The van der Waals surface area contributed by atoms with Crippen LogP contribution >= 0.6 is 0 Å².